The molecule has 1 aliphatic rings. The summed E-state index contributed by atoms with van der Waals surface area (Å²) < 4.78 is 10.7. The summed E-state index contributed by atoms with van der Waals surface area (Å²) in [6, 6.07) is 14.8. The van der Waals surface area contributed by atoms with Crippen LogP contribution in [0.3, 0.4) is 0 Å². The molecule has 1 atom stereocenters. The van der Waals surface area contributed by atoms with Crippen molar-refractivity contribution in [3.8, 4) is 11.1 Å². The highest BCUT2D eigenvalue weighted by Crippen LogP contribution is 2.44. The third-order valence-electron chi connectivity index (χ3n) is 6.07. The summed E-state index contributed by atoms with van der Waals surface area (Å²) in [5, 5.41) is 14.9. The maximum absolute atomic E-state index is 12.6. The lowest BCUT2D eigenvalue weighted by molar-refractivity contribution is -0.142. The highest BCUT2D eigenvalue weighted by molar-refractivity contribution is 5.81. The molecule has 2 aromatic rings. The van der Waals surface area contributed by atoms with Crippen LogP contribution in [-0.4, -0.2) is 48.1 Å². The number of benzene rings is 2. The summed E-state index contributed by atoms with van der Waals surface area (Å²) in [7, 11) is 0. The number of carboxylic acids is 1. The van der Waals surface area contributed by atoms with Crippen LogP contribution in [-0.2, 0) is 14.3 Å². The van der Waals surface area contributed by atoms with E-state index in [0.29, 0.717) is 6.42 Å². The Labute approximate surface area is 206 Å². The quantitative estimate of drug-likeness (QED) is 0.492. The number of hydrogen-bond donors (Lipinski definition) is 3. The topological polar surface area (TPSA) is 114 Å². The van der Waals surface area contributed by atoms with Gasteiger partial charge in [0, 0.05) is 12.5 Å². The Hall–Kier alpha value is -3.55. The number of aliphatic carboxylic acids is 1. The first-order valence-corrected chi connectivity index (χ1v) is 11.7. The molecule has 3 N–H and O–H groups in total. The van der Waals surface area contributed by atoms with E-state index in [2.05, 4.69) is 10.6 Å². The van der Waals surface area contributed by atoms with Crippen molar-refractivity contribution in [3.63, 3.8) is 0 Å². The molecule has 35 heavy (non-hydrogen) atoms. The minimum absolute atomic E-state index is 0.0901. The molecule has 1 aliphatic carbocycles. The van der Waals surface area contributed by atoms with E-state index >= 15 is 0 Å². The minimum Gasteiger partial charge on any atom is -0.480 e. The van der Waals surface area contributed by atoms with Crippen LogP contribution in [0.1, 0.15) is 58.1 Å². The fraction of sp³-hybridized carbons (Fsp3) is 0.444. The van der Waals surface area contributed by atoms with Gasteiger partial charge in [-0.15, -0.1) is 0 Å². The van der Waals surface area contributed by atoms with Crippen LogP contribution in [0.2, 0.25) is 0 Å². The molecule has 2 aromatic carbocycles. The number of carbonyl (C=O) groups is 3. The molecule has 2 amide bonds. The zero-order valence-corrected chi connectivity index (χ0v) is 20.9. The van der Waals surface area contributed by atoms with Crippen molar-refractivity contribution in [2.24, 2.45) is 5.41 Å². The van der Waals surface area contributed by atoms with Gasteiger partial charge in [-0.1, -0.05) is 62.4 Å². The smallest absolute Gasteiger partial charge is 0.407 e. The number of nitrogens with one attached hydrogen (secondary N) is 2. The van der Waals surface area contributed by atoms with Crippen LogP contribution in [0.25, 0.3) is 11.1 Å². The van der Waals surface area contributed by atoms with Gasteiger partial charge < -0.3 is 25.2 Å². The standard InChI is InChI=1S/C27H34N2O6/c1-26(2,3)35-24(32)28-15-14-27(4,5)22(23(30)31)29-25(33)34-16-21-19-12-8-6-10-17(19)18-11-7-9-13-20(18)21/h6-13,21-22H,14-16H2,1-5H3,(H,28,32)(H,29,33)(H,30,31)/t22-/m1/s1. The van der Waals surface area contributed by atoms with Gasteiger partial charge in [-0.2, -0.15) is 0 Å². The summed E-state index contributed by atoms with van der Waals surface area (Å²) in [5.41, 5.74) is 2.87. The lowest BCUT2D eigenvalue weighted by atomic mass is 9.81. The van der Waals surface area contributed by atoms with Gasteiger partial charge in [0.1, 0.15) is 18.2 Å². The second kappa shape index (κ2) is 10.4. The average molecular weight is 483 g/mol. The number of carboxylic acid groups (broad SMARTS) is 1. The number of alkyl carbamates (subject to hydrolysis) is 2. The maximum atomic E-state index is 12.6. The molecule has 0 saturated heterocycles. The van der Waals surface area contributed by atoms with Gasteiger partial charge >= 0.3 is 18.2 Å². The molecule has 0 saturated carbocycles. The number of hydrogen-bond acceptors (Lipinski definition) is 5. The summed E-state index contributed by atoms with van der Waals surface area (Å²) in [5.74, 6) is -1.30. The molecular weight excluding hydrogens is 448 g/mol. The minimum atomic E-state index is -1.21. The lowest BCUT2D eigenvalue weighted by Crippen LogP contribution is -2.51. The molecule has 0 radical (unpaired) electrons. The maximum Gasteiger partial charge on any atom is 0.407 e. The van der Waals surface area contributed by atoms with Crippen molar-refractivity contribution in [2.75, 3.05) is 13.2 Å². The second-order valence-corrected chi connectivity index (χ2v) is 10.4. The molecule has 0 spiro atoms. The zero-order chi connectivity index (χ0) is 25.8. The van der Waals surface area contributed by atoms with Gasteiger partial charge in [0.15, 0.2) is 0 Å². The lowest BCUT2D eigenvalue weighted by Gasteiger charge is -2.32. The Morgan fingerprint density at radius 2 is 1.46 bits per heavy atom. The first-order valence-electron chi connectivity index (χ1n) is 11.7. The Balaban J connectivity index is 1.59. The van der Waals surface area contributed by atoms with Crippen LogP contribution in [0.5, 0.6) is 0 Å². The van der Waals surface area contributed by atoms with Crippen molar-refractivity contribution in [1.82, 2.24) is 10.6 Å². The Bertz CT molecular complexity index is 1040. The SMILES string of the molecule is CC(C)(C)OC(=O)NCCC(C)(C)[C@H](NC(=O)OCC1c2ccccc2-c2ccccc21)C(=O)O. The molecule has 3 rings (SSSR count). The molecule has 0 aliphatic heterocycles. The van der Waals surface area contributed by atoms with Crippen molar-refractivity contribution >= 4 is 18.2 Å². The van der Waals surface area contributed by atoms with Gasteiger partial charge in [0.05, 0.1) is 0 Å². The van der Waals surface area contributed by atoms with E-state index in [-0.39, 0.29) is 19.1 Å². The van der Waals surface area contributed by atoms with Crippen molar-refractivity contribution < 1.29 is 29.0 Å². The van der Waals surface area contributed by atoms with Crippen molar-refractivity contribution in [3.05, 3.63) is 59.7 Å². The third-order valence-corrected chi connectivity index (χ3v) is 6.07. The third kappa shape index (κ3) is 6.53. The Kier molecular flexibility index (Phi) is 7.73. The number of ether oxygens (including phenoxy) is 2. The first kappa shape index (κ1) is 26.1. The van der Waals surface area contributed by atoms with Crippen LogP contribution in [0.15, 0.2) is 48.5 Å². The zero-order valence-electron chi connectivity index (χ0n) is 20.9. The number of amides is 2. The molecule has 0 heterocycles. The molecule has 0 bridgehead atoms. The van der Waals surface area contributed by atoms with Crippen LogP contribution >= 0.6 is 0 Å². The number of rotatable bonds is 8. The molecule has 8 heteroatoms. The predicted octanol–water partition coefficient (Wildman–Crippen LogP) is 4.92. The molecule has 0 aromatic heterocycles. The summed E-state index contributed by atoms with van der Waals surface area (Å²) in [6.07, 6.45) is -1.08. The predicted molar refractivity (Wildman–Crippen MR) is 132 cm³/mol. The van der Waals surface area contributed by atoms with E-state index in [1.54, 1.807) is 34.6 Å². The Morgan fingerprint density at radius 3 is 1.97 bits per heavy atom. The van der Waals surface area contributed by atoms with Gasteiger partial charge in [0.25, 0.3) is 0 Å². The van der Waals surface area contributed by atoms with Crippen LogP contribution in [0, 0.1) is 5.41 Å². The van der Waals surface area contributed by atoms with E-state index < -0.39 is 35.2 Å². The van der Waals surface area contributed by atoms with E-state index in [0.717, 1.165) is 22.3 Å². The first-order chi connectivity index (χ1) is 16.4. The van der Waals surface area contributed by atoms with Crippen LogP contribution in [0.4, 0.5) is 9.59 Å². The fourth-order valence-electron chi connectivity index (χ4n) is 4.29. The average Bonchev–Trinajstić information content (AvgIpc) is 3.08. The van der Waals surface area contributed by atoms with Crippen LogP contribution < -0.4 is 10.6 Å². The van der Waals surface area contributed by atoms with Gasteiger partial charge in [0.2, 0.25) is 0 Å². The van der Waals surface area contributed by atoms with E-state index in [4.69, 9.17) is 9.47 Å². The normalized spacial score (nSPS) is 13.9. The summed E-state index contributed by atoms with van der Waals surface area (Å²) in [6.45, 7) is 8.99. The monoisotopic (exact) mass is 482 g/mol. The van der Waals surface area contributed by atoms with Gasteiger partial charge in [-0.05, 0) is 54.9 Å². The van der Waals surface area contributed by atoms with E-state index in [9.17, 15) is 19.5 Å². The number of carbonyl (C=O) groups excluding carboxylic acids is 2. The largest absolute Gasteiger partial charge is 0.480 e. The summed E-state index contributed by atoms with van der Waals surface area (Å²) >= 11 is 0. The van der Waals surface area contributed by atoms with E-state index in [1.807, 2.05) is 48.5 Å². The highest BCUT2D eigenvalue weighted by atomic mass is 16.6. The van der Waals surface area contributed by atoms with Gasteiger partial charge in [-0.3, -0.25) is 0 Å². The van der Waals surface area contributed by atoms with Crippen molar-refractivity contribution in [1.29, 1.82) is 0 Å². The van der Waals surface area contributed by atoms with E-state index in [1.165, 1.54) is 0 Å². The van der Waals surface area contributed by atoms with Crippen molar-refractivity contribution in [2.45, 2.75) is 58.6 Å². The number of fused-ring (bicyclic) bond motifs is 3. The molecule has 0 unspecified atom stereocenters. The molecule has 0 fully saturated rings. The highest BCUT2D eigenvalue weighted by Gasteiger charge is 2.37. The summed E-state index contributed by atoms with van der Waals surface area (Å²) in [4.78, 5) is 36.5. The second-order valence-electron chi connectivity index (χ2n) is 10.4. The van der Waals surface area contributed by atoms with Gasteiger partial charge in [-0.25, -0.2) is 14.4 Å². The molecule has 8 nitrogen and oxygen atoms in total. The Morgan fingerprint density at radius 1 is 0.914 bits per heavy atom. The fourth-order valence-corrected chi connectivity index (χ4v) is 4.29. The molecular formula is C27H34N2O6. The molecule has 188 valence electrons.